The molecule has 1 aromatic carbocycles. The molecule has 9 heteroatoms. The molecule has 3 aliphatic rings. The van der Waals surface area contributed by atoms with E-state index in [1.807, 2.05) is 0 Å². The molecular weight excluding hydrogens is 438 g/mol. The first-order valence-electron chi connectivity index (χ1n) is 12.2. The van der Waals surface area contributed by atoms with E-state index in [0.717, 1.165) is 32.1 Å². The average molecular weight is 474 g/mol. The second-order valence-corrected chi connectivity index (χ2v) is 9.40. The van der Waals surface area contributed by atoms with E-state index >= 15 is 0 Å². The van der Waals surface area contributed by atoms with Crippen LogP contribution in [-0.4, -0.2) is 74.8 Å². The van der Waals surface area contributed by atoms with E-state index in [9.17, 15) is 14.4 Å². The van der Waals surface area contributed by atoms with Gasteiger partial charge in [-0.15, -0.1) is 0 Å². The monoisotopic (exact) mass is 473 g/mol. The summed E-state index contributed by atoms with van der Waals surface area (Å²) in [5.74, 6) is 0.294. The largest absolute Gasteiger partial charge is 0.490 e. The zero-order valence-corrected chi connectivity index (χ0v) is 20.0. The molecule has 1 saturated carbocycles. The highest BCUT2D eigenvalue weighted by molar-refractivity contribution is 6.00. The smallest absolute Gasteiger partial charge is 0.257 e. The summed E-state index contributed by atoms with van der Waals surface area (Å²) < 4.78 is 17.2. The Balaban J connectivity index is 1.41. The van der Waals surface area contributed by atoms with Gasteiger partial charge in [0.15, 0.2) is 0 Å². The third-order valence-corrected chi connectivity index (χ3v) is 7.05. The Hall–Kier alpha value is -2.65. The summed E-state index contributed by atoms with van der Waals surface area (Å²) in [7, 11) is 3.37. The van der Waals surface area contributed by atoms with Crippen LogP contribution in [0.4, 0.5) is 5.69 Å². The van der Waals surface area contributed by atoms with Crippen LogP contribution in [0.3, 0.4) is 0 Å². The normalized spacial score (nSPS) is 24.9. The van der Waals surface area contributed by atoms with Gasteiger partial charge in [-0.25, -0.2) is 0 Å². The van der Waals surface area contributed by atoms with Crippen LogP contribution in [0.15, 0.2) is 18.2 Å². The van der Waals surface area contributed by atoms with Crippen LogP contribution in [0.1, 0.15) is 55.3 Å². The third kappa shape index (κ3) is 5.70. The van der Waals surface area contributed by atoms with Crippen molar-refractivity contribution in [3.8, 4) is 5.75 Å². The molecule has 1 aliphatic carbocycles. The Labute approximate surface area is 200 Å². The second-order valence-electron chi connectivity index (χ2n) is 9.40. The molecule has 9 nitrogen and oxygen atoms in total. The molecule has 3 amide bonds. The standard InChI is InChI=1S/C25H35N3O6/c1-28-20-9-8-18(14-23(29)26-11-12-32-2)34-22(20)15-33-21-10-7-17(13-19(21)25(28)31)27-24(30)16-5-3-4-6-16/h7,10,13,16,18,20,22H,3-6,8-9,11-12,14-15H2,1-2H3,(H,26,29)(H,27,30)/t18-,20-,22+/m1/s1. The van der Waals surface area contributed by atoms with Gasteiger partial charge in [0.1, 0.15) is 18.5 Å². The first-order chi connectivity index (χ1) is 16.5. The Kier molecular flexibility index (Phi) is 8.05. The van der Waals surface area contributed by atoms with Crippen molar-refractivity contribution in [3.05, 3.63) is 23.8 Å². The minimum atomic E-state index is -0.325. The third-order valence-electron chi connectivity index (χ3n) is 7.05. The van der Waals surface area contributed by atoms with Crippen LogP contribution < -0.4 is 15.4 Å². The number of methoxy groups -OCH3 is 1. The van der Waals surface area contributed by atoms with Crippen molar-refractivity contribution in [1.82, 2.24) is 10.2 Å². The summed E-state index contributed by atoms with van der Waals surface area (Å²) in [6, 6.07) is 5.06. The van der Waals surface area contributed by atoms with Crippen LogP contribution in [0.2, 0.25) is 0 Å². The molecule has 1 saturated heterocycles. The van der Waals surface area contributed by atoms with E-state index in [-0.39, 0.29) is 54.9 Å². The summed E-state index contributed by atoms with van der Waals surface area (Å²) in [6.07, 6.45) is 5.14. The quantitative estimate of drug-likeness (QED) is 0.589. The van der Waals surface area contributed by atoms with Crippen LogP contribution in [0.5, 0.6) is 5.75 Å². The number of carbonyl (C=O) groups excluding carboxylic acids is 3. The number of fused-ring (bicyclic) bond motifs is 2. The molecule has 186 valence electrons. The highest BCUT2D eigenvalue weighted by atomic mass is 16.5. The van der Waals surface area contributed by atoms with E-state index in [2.05, 4.69) is 10.6 Å². The number of carbonyl (C=O) groups is 3. The van der Waals surface area contributed by atoms with Gasteiger partial charge >= 0.3 is 0 Å². The number of nitrogens with zero attached hydrogens (tertiary/aromatic N) is 1. The molecule has 0 bridgehead atoms. The Bertz CT molecular complexity index is 901. The molecule has 2 N–H and O–H groups in total. The fourth-order valence-corrected chi connectivity index (χ4v) is 5.11. The molecule has 2 heterocycles. The van der Waals surface area contributed by atoms with Gasteiger partial charge in [0.2, 0.25) is 11.8 Å². The summed E-state index contributed by atoms with van der Waals surface area (Å²) in [5, 5.41) is 5.79. The van der Waals surface area contributed by atoms with E-state index < -0.39 is 0 Å². The number of nitrogens with one attached hydrogen (secondary N) is 2. The lowest BCUT2D eigenvalue weighted by Gasteiger charge is -2.42. The maximum atomic E-state index is 13.3. The molecule has 0 aromatic heterocycles. The maximum absolute atomic E-state index is 13.3. The minimum Gasteiger partial charge on any atom is -0.490 e. The summed E-state index contributed by atoms with van der Waals surface area (Å²) in [6.45, 7) is 1.22. The van der Waals surface area contributed by atoms with Gasteiger partial charge in [0, 0.05) is 32.3 Å². The van der Waals surface area contributed by atoms with Crippen molar-refractivity contribution in [1.29, 1.82) is 0 Å². The molecule has 0 unspecified atom stereocenters. The van der Waals surface area contributed by atoms with Crippen molar-refractivity contribution in [3.63, 3.8) is 0 Å². The van der Waals surface area contributed by atoms with Crippen LogP contribution in [0, 0.1) is 5.92 Å². The predicted molar refractivity (Wildman–Crippen MR) is 126 cm³/mol. The van der Waals surface area contributed by atoms with Crippen molar-refractivity contribution in [2.45, 2.75) is 63.2 Å². The second kappa shape index (κ2) is 11.2. The van der Waals surface area contributed by atoms with Crippen molar-refractivity contribution < 1.29 is 28.6 Å². The number of anilines is 1. The highest BCUT2D eigenvalue weighted by Crippen LogP contribution is 2.33. The van der Waals surface area contributed by atoms with Gasteiger partial charge in [0.25, 0.3) is 5.91 Å². The molecule has 1 aromatic rings. The van der Waals surface area contributed by atoms with Crippen LogP contribution in [-0.2, 0) is 19.1 Å². The van der Waals surface area contributed by atoms with Crippen LogP contribution in [0.25, 0.3) is 0 Å². The Morgan fingerprint density at radius 1 is 1.18 bits per heavy atom. The molecule has 0 radical (unpaired) electrons. The first kappa shape index (κ1) is 24.5. The molecule has 2 fully saturated rings. The van der Waals surface area contributed by atoms with Gasteiger partial charge < -0.3 is 29.7 Å². The summed E-state index contributed by atoms with van der Waals surface area (Å²) in [5.41, 5.74) is 1.04. The number of hydrogen-bond acceptors (Lipinski definition) is 6. The molecule has 3 atom stereocenters. The minimum absolute atomic E-state index is 0.0167. The van der Waals surface area contributed by atoms with Gasteiger partial charge in [0.05, 0.1) is 30.7 Å². The van der Waals surface area contributed by atoms with E-state index in [1.165, 1.54) is 0 Å². The summed E-state index contributed by atoms with van der Waals surface area (Å²) in [4.78, 5) is 39.8. The van der Waals surface area contributed by atoms with E-state index in [4.69, 9.17) is 14.2 Å². The van der Waals surface area contributed by atoms with Crippen molar-refractivity contribution in [2.75, 3.05) is 39.2 Å². The molecule has 2 aliphatic heterocycles. The van der Waals surface area contributed by atoms with E-state index in [1.54, 1.807) is 37.3 Å². The Morgan fingerprint density at radius 3 is 2.74 bits per heavy atom. The van der Waals surface area contributed by atoms with Crippen molar-refractivity contribution in [2.24, 2.45) is 5.92 Å². The number of benzene rings is 1. The fourth-order valence-electron chi connectivity index (χ4n) is 5.11. The van der Waals surface area contributed by atoms with Crippen LogP contribution >= 0.6 is 0 Å². The maximum Gasteiger partial charge on any atom is 0.257 e. The fraction of sp³-hybridized carbons (Fsp3) is 0.640. The molecule has 4 rings (SSSR count). The lowest BCUT2D eigenvalue weighted by atomic mass is 9.94. The topological polar surface area (TPSA) is 106 Å². The zero-order chi connectivity index (χ0) is 24.1. The lowest BCUT2D eigenvalue weighted by Crippen LogP contribution is -2.54. The first-order valence-corrected chi connectivity index (χ1v) is 12.2. The average Bonchev–Trinajstić information content (AvgIpc) is 3.37. The molecule has 0 spiro atoms. The van der Waals surface area contributed by atoms with Gasteiger partial charge in [-0.1, -0.05) is 12.8 Å². The highest BCUT2D eigenvalue weighted by Gasteiger charge is 2.39. The Morgan fingerprint density at radius 2 is 1.97 bits per heavy atom. The predicted octanol–water partition coefficient (Wildman–Crippen LogP) is 2.35. The van der Waals surface area contributed by atoms with Gasteiger partial charge in [-0.3, -0.25) is 14.4 Å². The number of rotatable bonds is 7. The molecular formula is C25H35N3O6. The van der Waals surface area contributed by atoms with E-state index in [0.29, 0.717) is 36.6 Å². The number of likely N-dealkylation sites (N-methyl/N-ethyl adjacent to an activating group) is 1. The van der Waals surface area contributed by atoms with Crippen molar-refractivity contribution >= 4 is 23.4 Å². The SMILES string of the molecule is COCCNC(=O)C[C@H]1CC[C@@H]2[C@H](COc3ccc(NC(=O)C4CCCC4)cc3C(=O)N2C)O1. The summed E-state index contributed by atoms with van der Waals surface area (Å²) >= 11 is 0. The number of amides is 3. The zero-order valence-electron chi connectivity index (χ0n) is 20.0. The number of ether oxygens (including phenoxy) is 3. The molecule has 34 heavy (non-hydrogen) atoms. The lowest BCUT2D eigenvalue weighted by molar-refractivity contribution is -0.134. The number of hydrogen-bond donors (Lipinski definition) is 2. The van der Waals surface area contributed by atoms with Gasteiger partial charge in [-0.05, 0) is 43.9 Å². The van der Waals surface area contributed by atoms with Gasteiger partial charge in [-0.2, -0.15) is 0 Å².